The number of rotatable bonds is 2. The molecule has 0 radical (unpaired) electrons. The number of amides is 1. The van der Waals surface area contributed by atoms with E-state index in [4.69, 9.17) is 17.0 Å². The van der Waals surface area contributed by atoms with E-state index in [9.17, 15) is 4.79 Å². The largest absolute Gasteiger partial charge is 0.492 e. The molecule has 2 aliphatic heterocycles. The maximum Gasteiger partial charge on any atom is 0.263 e. The number of carbonyl (C=O) groups excluding carboxylic acids is 1. The predicted molar refractivity (Wildman–Crippen MR) is 124 cm³/mol. The Balaban J connectivity index is 1.50. The topological polar surface area (TPSA) is 38.3 Å². The molecule has 29 heavy (non-hydrogen) atoms. The van der Waals surface area contributed by atoms with Gasteiger partial charge in [-0.3, -0.25) is 4.79 Å². The molecule has 0 bridgehead atoms. The van der Waals surface area contributed by atoms with Gasteiger partial charge < -0.3 is 10.1 Å². The summed E-state index contributed by atoms with van der Waals surface area (Å²) in [5.41, 5.74) is 4.68. The third-order valence-electron chi connectivity index (χ3n) is 5.43. The minimum Gasteiger partial charge on any atom is -0.492 e. The number of benzene rings is 3. The van der Waals surface area contributed by atoms with E-state index in [0.29, 0.717) is 9.23 Å². The Morgan fingerprint density at radius 2 is 1.76 bits per heavy atom. The van der Waals surface area contributed by atoms with E-state index < -0.39 is 0 Å². The highest BCUT2D eigenvalue weighted by Crippen LogP contribution is 2.40. The fourth-order valence-electron chi connectivity index (χ4n) is 3.81. The number of ether oxygens (including phenoxy) is 1. The van der Waals surface area contributed by atoms with E-state index in [0.717, 1.165) is 23.3 Å². The van der Waals surface area contributed by atoms with Gasteiger partial charge in [-0.2, -0.15) is 0 Å². The number of hydrogen-bond acceptors (Lipinski definition) is 4. The van der Waals surface area contributed by atoms with E-state index in [1.807, 2.05) is 12.1 Å². The molecule has 0 unspecified atom stereocenters. The number of thiocarbonyl (C=S) groups is 1. The summed E-state index contributed by atoms with van der Waals surface area (Å²) in [6, 6.07) is 19.2. The Kier molecular flexibility index (Phi) is 4.26. The maximum atomic E-state index is 11.9. The molecule has 2 aliphatic rings. The summed E-state index contributed by atoms with van der Waals surface area (Å²) in [6.07, 6.45) is 1.88. The van der Waals surface area contributed by atoms with Crippen molar-refractivity contribution in [3.8, 4) is 16.9 Å². The summed E-state index contributed by atoms with van der Waals surface area (Å²) in [5, 5.41) is 4.96. The first-order valence-corrected chi connectivity index (χ1v) is 10.7. The van der Waals surface area contributed by atoms with E-state index in [2.05, 4.69) is 67.7 Å². The minimum atomic E-state index is -0.126. The van der Waals surface area contributed by atoms with Crippen molar-refractivity contribution in [1.29, 1.82) is 0 Å². The number of carbonyl (C=O) groups is 1. The molecule has 0 aromatic heterocycles. The van der Waals surface area contributed by atoms with Crippen molar-refractivity contribution in [1.82, 2.24) is 5.32 Å². The van der Waals surface area contributed by atoms with Gasteiger partial charge in [-0.05, 0) is 57.8 Å². The third kappa shape index (κ3) is 3.34. The first-order chi connectivity index (χ1) is 13.9. The van der Waals surface area contributed by atoms with Crippen LogP contribution in [0, 0.1) is 0 Å². The van der Waals surface area contributed by atoms with Crippen LogP contribution in [0.25, 0.3) is 28.0 Å². The lowest BCUT2D eigenvalue weighted by molar-refractivity contribution is -0.115. The molecule has 1 saturated heterocycles. The van der Waals surface area contributed by atoms with Crippen molar-refractivity contribution < 1.29 is 9.53 Å². The van der Waals surface area contributed by atoms with Crippen LogP contribution in [0.1, 0.15) is 25.0 Å². The van der Waals surface area contributed by atoms with Gasteiger partial charge in [-0.1, -0.05) is 68.2 Å². The van der Waals surface area contributed by atoms with Gasteiger partial charge >= 0.3 is 0 Å². The minimum absolute atomic E-state index is 0.0391. The molecule has 5 heteroatoms. The van der Waals surface area contributed by atoms with Crippen molar-refractivity contribution >= 4 is 51.1 Å². The highest BCUT2D eigenvalue weighted by Gasteiger charge is 2.31. The second kappa shape index (κ2) is 6.71. The van der Waals surface area contributed by atoms with Crippen molar-refractivity contribution in [2.45, 2.75) is 19.3 Å². The lowest BCUT2D eigenvalue weighted by Gasteiger charge is -2.16. The second-order valence-electron chi connectivity index (χ2n) is 8.06. The zero-order valence-electron chi connectivity index (χ0n) is 16.1. The average molecular weight is 418 g/mol. The Hall–Kier alpha value is -2.63. The SMILES string of the molecule is CC1(C)COc2ccc(-c3ccc4cc(/C=C5/SC(=S)NC5=O)ccc4c3)cc21. The monoisotopic (exact) mass is 417 g/mol. The molecule has 2 heterocycles. The van der Waals surface area contributed by atoms with Gasteiger partial charge in [0.15, 0.2) is 0 Å². The summed E-state index contributed by atoms with van der Waals surface area (Å²) in [4.78, 5) is 12.5. The molecule has 0 atom stereocenters. The van der Waals surface area contributed by atoms with Gasteiger partial charge in [0.25, 0.3) is 5.91 Å². The quantitative estimate of drug-likeness (QED) is 0.431. The fourth-order valence-corrected chi connectivity index (χ4v) is 4.85. The van der Waals surface area contributed by atoms with Crippen LogP contribution in [-0.2, 0) is 10.2 Å². The molecule has 1 amide bonds. The van der Waals surface area contributed by atoms with Crippen LogP contribution in [-0.4, -0.2) is 16.8 Å². The van der Waals surface area contributed by atoms with Crippen molar-refractivity contribution in [2.75, 3.05) is 6.61 Å². The molecule has 3 nitrogen and oxygen atoms in total. The normalized spacial score (nSPS) is 18.8. The van der Waals surface area contributed by atoms with Crippen molar-refractivity contribution in [3.63, 3.8) is 0 Å². The summed E-state index contributed by atoms with van der Waals surface area (Å²) < 4.78 is 6.32. The second-order valence-corrected chi connectivity index (χ2v) is 9.78. The molecule has 5 rings (SSSR count). The van der Waals surface area contributed by atoms with Crippen LogP contribution >= 0.6 is 24.0 Å². The Bertz CT molecular complexity index is 1230. The van der Waals surface area contributed by atoms with Crippen LogP contribution in [0.3, 0.4) is 0 Å². The molecule has 3 aromatic rings. The van der Waals surface area contributed by atoms with E-state index in [1.54, 1.807) is 0 Å². The molecule has 1 fully saturated rings. The smallest absolute Gasteiger partial charge is 0.263 e. The lowest BCUT2D eigenvalue weighted by Crippen LogP contribution is -2.18. The van der Waals surface area contributed by atoms with Gasteiger partial charge in [-0.25, -0.2) is 0 Å². The zero-order chi connectivity index (χ0) is 20.2. The molecule has 144 valence electrons. The standard InChI is InChI=1S/C24H19NO2S2/c1-24(2)13-27-20-8-7-18(12-19(20)24)17-6-5-15-9-14(3-4-16(15)11-17)10-21-22(26)25-23(28)29-21/h3-12H,13H2,1-2H3,(H,25,26,28)/b21-10+. The van der Waals surface area contributed by atoms with Crippen LogP contribution in [0.4, 0.5) is 0 Å². The summed E-state index contributed by atoms with van der Waals surface area (Å²) in [6.45, 7) is 5.16. The predicted octanol–water partition coefficient (Wildman–Crippen LogP) is 5.67. The van der Waals surface area contributed by atoms with Crippen LogP contribution in [0.2, 0.25) is 0 Å². The summed E-state index contributed by atoms with van der Waals surface area (Å²) >= 11 is 6.36. The molecule has 1 N–H and O–H groups in total. The molecule has 0 spiro atoms. The number of fused-ring (bicyclic) bond motifs is 2. The van der Waals surface area contributed by atoms with Crippen molar-refractivity contribution in [3.05, 3.63) is 70.6 Å². The van der Waals surface area contributed by atoms with Gasteiger partial charge in [0, 0.05) is 11.0 Å². The number of thioether (sulfide) groups is 1. The summed E-state index contributed by atoms with van der Waals surface area (Å²) in [5.74, 6) is 0.865. The maximum absolute atomic E-state index is 11.9. The Morgan fingerprint density at radius 1 is 1.03 bits per heavy atom. The van der Waals surface area contributed by atoms with Crippen LogP contribution in [0.5, 0.6) is 5.75 Å². The molecular formula is C24H19NO2S2. The highest BCUT2D eigenvalue weighted by atomic mass is 32.2. The zero-order valence-corrected chi connectivity index (χ0v) is 17.7. The lowest BCUT2D eigenvalue weighted by atomic mass is 9.85. The van der Waals surface area contributed by atoms with E-state index >= 15 is 0 Å². The average Bonchev–Trinajstić information content (AvgIpc) is 3.18. The molecule has 0 aliphatic carbocycles. The Labute approximate surface area is 179 Å². The van der Waals surface area contributed by atoms with E-state index in [1.165, 1.54) is 33.8 Å². The van der Waals surface area contributed by atoms with Crippen LogP contribution < -0.4 is 10.1 Å². The van der Waals surface area contributed by atoms with Gasteiger partial charge in [0.1, 0.15) is 10.1 Å². The first kappa shape index (κ1) is 18.4. The van der Waals surface area contributed by atoms with Gasteiger partial charge in [0.05, 0.1) is 11.5 Å². The molecule has 3 aromatic carbocycles. The molecular weight excluding hydrogens is 398 g/mol. The number of nitrogens with one attached hydrogen (secondary N) is 1. The highest BCUT2D eigenvalue weighted by molar-refractivity contribution is 8.26. The fraction of sp³-hybridized carbons (Fsp3) is 0.167. The molecule has 0 saturated carbocycles. The first-order valence-electron chi connectivity index (χ1n) is 9.45. The van der Waals surface area contributed by atoms with E-state index in [-0.39, 0.29) is 11.3 Å². The summed E-state index contributed by atoms with van der Waals surface area (Å²) in [7, 11) is 0. The van der Waals surface area contributed by atoms with Crippen molar-refractivity contribution in [2.24, 2.45) is 0 Å². The van der Waals surface area contributed by atoms with Crippen LogP contribution in [0.15, 0.2) is 59.5 Å². The number of hydrogen-bond donors (Lipinski definition) is 1. The van der Waals surface area contributed by atoms with Gasteiger partial charge in [-0.15, -0.1) is 0 Å². The Morgan fingerprint density at radius 3 is 2.55 bits per heavy atom. The third-order valence-corrected chi connectivity index (χ3v) is 6.60. The van der Waals surface area contributed by atoms with Gasteiger partial charge in [0.2, 0.25) is 0 Å².